The van der Waals surface area contributed by atoms with Crippen LogP contribution in [0.15, 0.2) is 79.0 Å². The average molecular weight is 496 g/mol. The van der Waals surface area contributed by atoms with Gasteiger partial charge in [0.15, 0.2) is 0 Å². The first-order chi connectivity index (χ1) is 17.9. The second-order valence-corrected chi connectivity index (χ2v) is 9.96. The third-order valence-corrected chi connectivity index (χ3v) is 7.00. The molecule has 3 N–H and O–H groups in total. The number of amides is 3. The van der Waals surface area contributed by atoms with E-state index in [1.165, 1.54) is 0 Å². The van der Waals surface area contributed by atoms with Gasteiger partial charge in [0.1, 0.15) is 6.04 Å². The molecule has 7 nitrogen and oxygen atoms in total. The number of aromatic nitrogens is 1. The fourth-order valence-corrected chi connectivity index (χ4v) is 5.16. The van der Waals surface area contributed by atoms with Gasteiger partial charge in [0.2, 0.25) is 5.91 Å². The van der Waals surface area contributed by atoms with Crippen LogP contribution in [0.4, 0.5) is 16.2 Å². The fraction of sp³-hybridized carbons (Fsp3) is 0.267. The molecule has 1 aliphatic heterocycles. The van der Waals surface area contributed by atoms with Gasteiger partial charge in [-0.15, -0.1) is 0 Å². The molecule has 1 aliphatic rings. The van der Waals surface area contributed by atoms with Gasteiger partial charge in [-0.2, -0.15) is 0 Å². The lowest BCUT2D eigenvalue weighted by atomic mass is 9.92. The Morgan fingerprint density at radius 1 is 1.03 bits per heavy atom. The lowest BCUT2D eigenvalue weighted by Crippen LogP contribution is -2.51. The molecule has 5 rings (SSSR count). The second-order valence-electron chi connectivity index (χ2n) is 9.96. The number of hydrogen-bond donors (Lipinski definition) is 3. The lowest BCUT2D eigenvalue weighted by molar-refractivity contribution is -0.118. The van der Waals surface area contributed by atoms with E-state index in [4.69, 9.17) is 0 Å². The maximum Gasteiger partial charge on any atom is 0.322 e. The fourth-order valence-electron chi connectivity index (χ4n) is 5.16. The highest BCUT2D eigenvalue weighted by molar-refractivity contribution is 6.01. The summed E-state index contributed by atoms with van der Waals surface area (Å²) in [6.45, 7) is 3.35. The van der Waals surface area contributed by atoms with Gasteiger partial charge < -0.3 is 20.5 Å². The number of carbonyl (C=O) groups is 2. The van der Waals surface area contributed by atoms with Crippen molar-refractivity contribution in [3.05, 3.63) is 95.7 Å². The summed E-state index contributed by atoms with van der Waals surface area (Å²) in [7, 11) is 4.02. The average Bonchev–Trinajstić information content (AvgIpc) is 3.51. The van der Waals surface area contributed by atoms with Crippen molar-refractivity contribution < 1.29 is 9.59 Å². The van der Waals surface area contributed by atoms with E-state index in [0.717, 1.165) is 46.2 Å². The molecule has 0 spiro atoms. The highest BCUT2D eigenvalue weighted by atomic mass is 16.2. The smallest absolute Gasteiger partial charge is 0.322 e. The Morgan fingerprint density at radius 3 is 2.65 bits per heavy atom. The van der Waals surface area contributed by atoms with Gasteiger partial charge in [0.25, 0.3) is 0 Å². The number of hydrogen-bond acceptors (Lipinski definition) is 3. The number of rotatable bonds is 7. The summed E-state index contributed by atoms with van der Waals surface area (Å²) in [5.74, 6) is -0.525. The largest absolute Gasteiger partial charge is 0.361 e. The number of urea groups is 1. The van der Waals surface area contributed by atoms with Crippen molar-refractivity contribution in [2.45, 2.75) is 31.8 Å². The van der Waals surface area contributed by atoms with Crippen molar-refractivity contribution in [3.8, 4) is 0 Å². The molecule has 4 aromatic rings. The van der Waals surface area contributed by atoms with E-state index in [9.17, 15) is 9.59 Å². The molecule has 190 valence electrons. The number of carbonyl (C=O) groups excluding carboxylic acids is 2. The van der Waals surface area contributed by atoms with Crippen molar-refractivity contribution in [2.75, 3.05) is 30.9 Å². The Kier molecular flexibility index (Phi) is 6.97. The van der Waals surface area contributed by atoms with E-state index in [0.29, 0.717) is 12.2 Å². The number of benzene rings is 3. The molecule has 7 heteroatoms. The van der Waals surface area contributed by atoms with Gasteiger partial charge in [0.05, 0.1) is 0 Å². The van der Waals surface area contributed by atoms with E-state index in [1.54, 1.807) is 4.90 Å². The third kappa shape index (κ3) is 5.22. The summed E-state index contributed by atoms with van der Waals surface area (Å²) in [4.78, 5) is 34.4. The first-order valence-electron chi connectivity index (χ1n) is 12.7. The zero-order chi connectivity index (χ0) is 25.9. The first-order valence-corrected chi connectivity index (χ1v) is 12.7. The molecule has 2 heterocycles. The molecule has 1 aromatic heterocycles. The molecule has 3 aromatic carbocycles. The maximum absolute atomic E-state index is 13.7. The molecule has 0 saturated carbocycles. The van der Waals surface area contributed by atoms with Crippen LogP contribution in [0.5, 0.6) is 0 Å². The molecule has 0 aliphatic carbocycles. The SMILES string of the molecule is C[C@H](c1c[nH]c2ccccc12)[C@@H](NC(=O)N1CCc2ccccc21)C(=O)Nc1cccc(CN(C)C)c1. The molecule has 0 saturated heterocycles. The van der Waals surface area contributed by atoms with E-state index in [2.05, 4.69) is 20.5 Å². The summed E-state index contributed by atoms with van der Waals surface area (Å²) in [5.41, 5.74) is 5.83. The Labute approximate surface area is 217 Å². The number of nitrogens with one attached hydrogen (secondary N) is 3. The van der Waals surface area contributed by atoms with Gasteiger partial charge >= 0.3 is 6.03 Å². The quantitative estimate of drug-likeness (QED) is 0.333. The topological polar surface area (TPSA) is 80.5 Å². The van der Waals surface area contributed by atoms with Crippen LogP contribution in [0, 0.1) is 0 Å². The number of nitrogens with zero attached hydrogens (tertiary/aromatic N) is 2. The molecule has 2 atom stereocenters. The number of H-pyrrole nitrogens is 1. The Balaban J connectivity index is 1.43. The van der Waals surface area contributed by atoms with Crippen molar-refractivity contribution in [1.82, 2.24) is 15.2 Å². The van der Waals surface area contributed by atoms with Gasteiger partial charge in [-0.25, -0.2) is 4.79 Å². The van der Waals surface area contributed by atoms with Crippen molar-refractivity contribution in [1.29, 1.82) is 0 Å². The summed E-state index contributed by atoms with van der Waals surface area (Å²) < 4.78 is 0. The zero-order valence-corrected chi connectivity index (χ0v) is 21.5. The molecule has 0 fully saturated rings. The molecule has 0 unspecified atom stereocenters. The number of aromatic amines is 1. The third-order valence-electron chi connectivity index (χ3n) is 7.00. The van der Waals surface area contributed by atoms with Gasteiger partial charge in [-0.3, -0.25) is 9.69 Å². The van der Waals surface area contributed by atoms with E-state index in [1.807, 2.05) is 100 Å². The van der Waals surface area contributed by atoms with Crippen LogP contribution in [-0.4, -0.2) is 48.5 Å². The summed E-state index contributed by atoms with van der Waals surface area (Å²) in [5, 5.41) is 7.18. The minimum atomic E-state index is -0.781. The normalized spacial score (nSPS) is 14.4. The number of anilines is 2. The lowest BCUT2D eigenvalue weighted by Gasteiger charge is -2.27. The van der Waals surface area contributed by atoms with Crippen molar-refractivity contribution in [2.24, 2.45) is 0 Å². The maximum atomic E-state index is 13.7. The van der Waals surface area contributed by atoms with Crippen LogP contribution < -0.4 is 15.5 Å². The molecule has 0 bridgehead atoms. The van der Waals surface area contributed by atoms with Gasteiger partial charge in [-0.05, 0) is 61.5 Å². The highest BCUT2D eigenvalue weighted by Crippen LogP contribution is 2.30. The standard InChI is InChI=1S/C30H33N5O2/c1-20(25-18-31-26-13-6-5-12-24(25)26)28(29(36)32-23-11-8-9-21(17-23)19-34(2)3)33-30(37)35-16-15-22-10-4-7-14-27(22)35/h4-14,17-18,20,28,31H,15-16,19H2,1-3H3,(H,32,36)(H,33,37)/t20-,28-/m1/s1. The molecule has 37 heavy (non-hydrogen) atoms. The molecular formula is C30H33N5O2. The van der Waals surface area contributed by atoms with Crippen LogP contribution in [0.25, 0.3) is 10.9 Å². The summed E-state index contributed by atoms with van der Waals surface area (Å²) in [6.07, 6.45) is 2.74. The summed E-state index contributed by atoms with van der Waals surface area (Å²) >= 11 is 0. The van der Waals surface area contributed by atoms with Crippen LogP contribution >= 0.6 is 0 Å². The van der Waals surface area contributed by atoms with E-state index in [-0.39, 0.29) is 17.9 Å². The van der Waals surface area contributed by atoms with Crippen molar-refractivity contribution >= 4 is 34.2 Å². The van der Waals surface area contributed by atoms with Crippen LogP contribution in [0.1, 0.15) is 29.5 Å². The van der Waals surface area contributed by atoms with Crippen molar-refractivity contribution in [3.63, 3.8) is 0 Å². The van der Waals surface area contributed by atoms with E-state index < -0.39 is 6.04 Å². The second kappa shape index (κ2) is 10.5. The zero-order valence-electron chi connectivity index (χ0n) is 21.5. The number of para-hydroxylation sites is 2. The predicted molar refractivity (Wildman–Crippen MR) is 149 cm³/mol. The summed E-state index contributed by atoms with van der Waals surface area (Å²) in [6, 6.07) is 22.7. The van der Waals surface area contributed by atoms with Gasteiger partial charge in [0, 0.05) is 47.5 Å². The van der Waals surface area contributed by atoms with E-state index >= 15 is 0 Å². The minimum absolute atomic E-state index is 0.249. The Morgan fingerprint density at radius 2 is 1.81 bits per heavy atom. The Hall–Kier alpha value is -4.10. The van der Waals surface area contributed by atoms with Crippen LogP contribution in [0.2, 0.25) is 0 Å². The monoisotopic (exact) mass is 495 g/mol. The molecular weight excluding hydrogens is 462 g/mol. The molecule has 0 radical (unpaired) electrons. The Bertz CT molecular complexity index is 1430. The minimum Gasteiger partial charge on any atom is -0.361 e. The molecule has 3 amide bonds. The van der Waals surface area contributed by atoms with Crippen LogP contribution in [0.3, 0.4) is 0 Å². The van der Waals surface area contributed by atoms with Gasteiger partial charge in [-0.1, -0.05) is 55.5 Å². The highest BCUT2D eigenvalue weighted by Gasteiger charge is 2.33. The predicted octanol–water partition coefficient (Wildman–Crippen LogP) is 5.11. The van der Waals surface area contributed by atoms with Crippen LogP contribution in [-0.2, 0) is 17.8 Å². The first kappa shape index (κ1) is 24.6. The number of fused-ring (bicyclic) bond motifs is 2.